The second-order valence-electron chi connectivity index (χ2n) is 9.45. The zero-order valence-electron chi connectivity index (χ0n) is 20.0. The first-order valence-corrected chi connectivity index (χ1v) is 11.7. The summed E-state index contributed by atoms with van der Waals surface area (Å²) in [5.41, 5.74) is -1.16. The van der Waals surface area contributed by atoms with Gasteiger partial charge in [-0.25, -0.2) is 4.39 Å². The quantitative estimate of drug-likeness (QED) is 0.256. The molecule has 1 saturated carbocycles. The fraction of sp³-hybridized carbons (Fsp3) is 0.667. The molecule has 35 heavy (non-hydrogen) atoms. The van der Waals surface area contributed by atoms with E-state index in [1.165, 1.54) is 12.1 Å². The second-order valence-corrected chi connectivity index (χ2v) is 9.45. The molecule has 10 nitrogen and oxygen atoms in total. The van der Waals surface area contributed by atoms with Crippen molar-refractivity contribution in [1.82, 2.24) is 16.0 Å². The van der Waals surface area contributed by atoms with E-state index in [1.54, 1.807) is 33.2 Å². The Balaban J connectivity index is 1.60. The lowest BCUT2D eigenvalue weighted by atomic mass is 9.77. The lowest BCUT2D eigenvalue weighted by molar-refractivity contribution is -0.481. The number of fused-ring (bicyclic) bond motifs is 2. The summed E-state index contributed by atoms with van der Waals surface area (Å²) in [4.78, 5) is 0. The predicted molar refractivity (Wildman–Crippen MR) is 122 cm³/mol. The second kappa shape index (κ2) is 10.3. The van der Waals surface area contributed by atoms with Crippen LogP contribution in [-0.4, -0.2) is 96.2 Å². The highest BCUT2D eigenvalue weighted by molar-refractivity contribution is 5.17. The predicted octanol–water partition coefficient (Wildman–Crippen LogP) is -1.22. The number of halogens is 1. The van der Waals surface area contributed by atoms with Crippen molar-refractivity contribution in [2.24, 2.45) is 0 Å². The molecule has 194 valence electrons. The summed E-state index contributed by atoms with van der Waals surface area (Å²) >= 11 is 0. The van der Waals surface area contributed by atoms with Crippen molar-refractivity contribution in [3.05, 3.63) is 35.6 Å². The van der Waals surface area contributed by atoms with Crippen LogP contribution in [0.25, 0.3) is 0 Å². The van der Waals surface area contributed by atoms with E-state index in [2.05, 4.69) is 22.1 Å². The third-order valence-corrected chi connectivity index (χ3v) is 7.16. The van der Waals surface area contributed by atoms with Gasteiger partial charge >= 0.3 is 0 Å². The minimum Gasteiger partial charge on any atom is -0.439 e. The van der Waals surface area contributed by atoms with Gasteiger partial charge in [-0.3, -0.25) is 0 Å². The van der Waals surface area contributed by atoms with E-state index in [-0.39, 0.29) is 25.3 Å². The molecule has 0 spiro atoms. The van der Waals surface area contributed by atoms with Crippen LogP contribution < -0.4 is 16.0 Å². The van der Waals surface area contributed by atoms with Gasteiger partial charge in [0, 0.05) is 19.5 Å². The Morgan fingerprint density at radius 3 is 2.60 bits per heavy atom. The Morgan fingerprint density at radius 2 is 1.94 bits per heavy atom. The van der Waals surface area contributed by atoms with Crippen molar-refractivity contribution in [3.63, 3.8) is 0 Å². The number of rotatable bonds is 7. The largest absolute Gasteiger partial charge is 0.439 e. The van der Waals surface area contributed by atoms with Gasteiger partial charge in [-0.05, 0) is 38.7 Å². The fourth-order valence-corrected chi connectivity index (χ4v) is 5.48. The summed E-state index contributed by atoms with van der Waals surface area (Å²) in [7, 11) is 3.31. The van der Waals surface area contributed by atoms with Crippen molar-refractivity contribution in [2.45, 2.75) is 80.2 Å². The Labute approximate surface area is 204 Å². The highest BCUT2D eigenvalue weighted by atomic mass is 19.1. The summed E-state index contributed by atoms with van der Waals surface area (Å²) in [6.45, 7) is 1.91. The van der Waals surface area contributed by atoms with Crippen LogP contribution in [0.1, 0.15) is 18.9 Å². The molecule has 1 aliphatic carbocycles. The van der Waals surface area contributed by atoms with E-state index in [0.29, 0.717) is 5.56 Å². The smallest absolute Gasteiger partial charge is 0.249 e. The third kappa shape index (κ3) is 4.67. The average Bonchev–Trinajstić information content (AvgIpc) is 2.80. The van der Waals surface area contributed by atoms with E-state index in [0.717, 1.165) is 0 Å². The molecule has 0 amide bonds. The maximum Gasteiger partial charge on any atom is 0.249 e. The Bertz CT molecular complexity index is 935. The molecule has 1 unspecified atom stereocenters. The molecule has 2 heterocycles. The van der Waals surface area contributed by atoms with Crippen LogP contribution >= 0.6 is 0 Å². The Morgan fingerprint density at radius 1 is 1.20 bits per heavy atom. The van der Waals surface area contributed by atoms with Gasteiger partial charge in [0.15, 0.2) is 6.10 Å². The van der Waals surface area contributed by atoms with E-state index < -0.39 is 60.3 Å². The fourth-order valence-electron chi connectivity index (χ4n) is 5.48. The Hall–Kier alpha value is -1.85. The van der Waals surface area contributed by atoms with Crippen molar-refractivity contribution >= 4 is 0 Å². The molecule has 0 bridgehead atoms. The van der Waals surface area contributed by atoms with Gasteiger partial charge in [0.05, 0.1) is 24.3 Å². The minimum atomic E-state index is -2.28. The summed E-state index contributed by atoms with van der Waals surface area (Å²) in [5, 5.41) is 43.5. The van der Waals surface area contributed by atoms with E-state index >= 15 is 0 Å². The average molecular weight is 496 g/mol. The highest BCUT2D eigenvalue weighted by Crippen LogP contribution is 2.46. The molecule has 1 aromatic rings. The van der Waals surface area contributed by atoms with E-state index in [9.17, 15) is 19.7 Å². The maximum absolute atomic E-state index is 13.5. The van der Waals surface area contributed by atoms with Crippen LogP contribution in [0, 0.1) is 18.3 Å². The standard InChI is InChI=1S/C24H34FN3O7/c1-5-32-19-16(26-3)18(29)17(27-4)20-21(19)34-22-24(31,35-20)23(30,10-13(2)33-22)12-28-11-14-7-6-8-15(25)9-14/h1,6-9,13,16-22,26-31H,10-12H2,2-4H3/t13-,16-,17+,18+,19+,20-,21?,22+,23-,24-/m1/s1. The van der Waals surface area contributed by atoms with Gasteiger partial charge in [0.2, 0.25) is 12.1 Å². The molecule has 6 N–H and O–H groups in total. The van der Waals surface area contributed by atoms with Gasteiger partial charge in [0.1, 0.15) is 29.7 Å². The number of aliphatic hydroxyl groups excluding tert-OH is 1. The van der Waals surface area contributed by atoms with Crippen molar-refractivity contribution in [1.29, 1.82) is 0 Å². The van der Waals surface area contributed by atoms with Gasteiger partial charge in [-0.1, -0.05) is 18.6 Å². The molecule has 2 saturated heterocycles. The molecular formula is C24H34FN3O7. The van der Waals surface area contributed by atoms with Crippen molar-refractivity contribution in [2.75, 3.05) is 20.6 Å². The van der Waals surface area contributed by atoms with Gasteiger partial charge in [-0.2, -0.15) is 0 Å². The van der Waals surface area contributed by atoms with Crippen LogP contribution in [0.5, 0.6) is 0 Å². The number of benzene rings is 1. The van der Waals surface area contributed by atoms with Crippen molar-refractivity contribution < 1.29 is 38.7 Å². The number of likely N-dealkylation sites (N-methyl/N-ethyl adjacent to an activating group) is 2. The normalized spacial score (nSPS) is 43.0. The number of nitrogens with one attached hydrogen (secondary N) is 3. The van der Waals surface area contributed by atoms with Crippen LogP contribution in [0.2, 0.25) is 0 Å². The lowest BCUT2D eigenvalue weighted by Gasteiger charge is -2.60. The monoisotopic (exact) mass is 495 g/mol. The first-order chi connectivity index (χ1) is 16.7. The topological polar surface area (TPSA) is 134 Å². The molecule has 1 aromatic carbocycles. The Kier molecular flexibility index (Phi) is 7.68. The van der Waals surface area contributed by atoms with Crippen LogP contribution in [0.15, 0.2) is 24.3 Å². The van der Waals surface area contributed by atoms with E-state index in [4.69, 9.17) is 25.4 Å². The highest BCUT2D eigenvalue weighted by Gasteiger charge is 2.68. The molecule has 4 rings (SSSR count). The number of terminal acetylenes is 1. The maximum atomic E-state index is 13.5. The number of aliphatic hydroxyl groups is 3. The van der Waals surface area contributed by atoms with Gasteiger partial charge in [-0.15, -0.1) is 0 Å². The molecule has 3 fully saturated rings. The molecule has 0 radical (unpaired) electrons. The molecule has 0 aromatic heterocycles. The van der Waals surface area contributed by atoms with E-state index in [1.807, 2.05) is 0 Å². The molecule has 10 atom stereocenters. The van der Waals surface area contributed by atoms with Crippen LogP contribution in [-0.2, 0) is 25.5 Å². The first kappa shape index (κ1) is 26.2. The van der Waals surface area contributed by atoms with Gasteiger partial charge in [0.25, 0.3) is 0 Å². The first-order valence-electron chi connectivity index (χ1n) is 11.7. The SMILES string of the molecule is C#CO[C@@H]1C2O[C@@H]3O[C@H](C)C[C@@](O)(CNCc4cccc(F)c4)[C@]3(O)O[C@@H]2[C@@H](NC)[C@@H](O)[C@H]1NC. The van der Waals surface area contributed by atoms with Crippen LogP contribution in [0.4, 0.5) is 4.39 Å². The summed E-state index contributed by atoms with van der Waals surface area (Å²) < 4.78 is 37.2. The van der Waals surface area contributed by atoms with Crippen molar-refractivity contribution in [3.8, 4) is 12.5 Å². The summed E-state index contributed by atoms with van der Waals surface area (Å²) in [6, 6.07) is 4.78. The lowest BCUT2D eigenvalue weighted by Crippen LogP contribution is -2.81. The zero-order chi connectivity index (χ0) is 25.4. The molecular weight excluding hydrogens is 461 g/mol. The number of hydrogen-bond donors (Lipinski definition) is 6. The molecule has 3 aliphatic rings. The number of hydrogen-bond acceptors (Lipinski definition) is 10. The van der Waals surface area contributed by atoms with Gasteiger partial charge < -0.3 is 50.2 Å². The summed E-state index contributed by atoms with van der Waals surface area (Å²) in [5.74, 6) is -2.65. The summed E-state index contributed by atoms with van der Waals surface area (Å²) in [6.07, 6.45) is 2.13. The number of ether oxygens (including phenoxy) is 4. The van der Waals surface area contributed by atoms with Crippen LogP contribution in [0.3, 0.4) is 0 Å². The molecule has 11 heteroatoms. The molecule has 2 aliphatic heterocycles. The zero-order valence-corrected chi connectivity index (χ0v) is 20.0. The third-order valence-electron chi connectivity index (χ3n) is 7.16. The minimum absolute atomic E-state index is 0.0348.